The van der Waals surface area contributed by atoms with Gasteiger partial charge in [-0.1, -0.05) is 26.2 Å². The maximum absolute atomic E-state index is 11.7. The van der Waals surface area contributed by atoms with Crippen LogP contribution in [0.4, 0.5) is 0 Å². The summed E-state index contributed by atoms with van der Waals surface area (Å²) in [4.78, 5) is 13.3. The lowest BCUT2D eigenvalue weighted by Gasteiger charge is -2.28. The molecule has 4 heteroatoms. The van der Waals surface area contributed by atoms with Crippen LogP contribution in [0.2, 0.25) is 0 Å². The van der Waals surface area contributed by atoms with Crippen molar-refractivity contribution in [3.63, 3.8) is 0 Å². The Labute approximate surface area is 110 Å². The highest BCUT2D eigenvalue weighted by Crippen LogP contribution is 2.28. The number of hydrogen-bond acceptors (Lipinski definition) is 3. The van der Waals surface area contributed by atoms with Gasteiger partial charge in [0.05, 0.1) is 18.6 Å². The van der Waals surface area contributed by atoms with Crippen LogP contribution in [-0.4, -0.2) is 37.1 Å². The lowest BCUT2D eigenvalue weighted by atomic mass is 9.85. The van der Waals surface area contributed by atoms with Crippen molar-refractivity contribution in [2.24, 2.45) is 5.92 Å². The fourth-order valence-corrected chi connectivity index (χ4v) is 2.41. The van der Waals surface area contributed by atoms with Crippen LogP contribution in [0.1, 0.15) is 45.4 Å². The van der Waals surface area contributed by atoms with Gasteiger partial charge in [-0.25, -0.2) is 0 Å². The van der Waals surface area contributed by atoms with E-state index in [1.807, 2.05) is 6.07 Å². The summed E-state index contributed by atoms with van der Waals surface area (Å²) in [5, 5.41) is 8.47. The van der Waals surface area contributed by atoms with E-state index in [1.165, 1.54) is 19.3 Å². The molecular weight excluding hydrogens is 228 g/mol. The summed E-state index contributed by atoms with van der Waals surface area (Å²) in [6, 6.07) is 2.04. The van der Waals surface area contributed by atoms with Crippen LogP contribution < -0.4 is 0 Å². The van der Waals surface area contributed by atoms with Crippen molar-refractivity contribution in [3.05, 3.63) is 0 Å². The first-order chi connectivity index (χ1) is 8.67. The molecule has 18 heavy (non-hydrogen) atoms. The third kappa shape index (κ3) is 5.05. The molecule has 0 radical (unpaired) electrons. The highest BCUT2D eigenvalue weighted by molar-refractivity contribution is 5.77. The zero-order chi connectivity index (χ0) is 13.4. The third-order valence-electron chi connectivity index (χ3n) is 3.74. The summed E-state index contributed by atoms with van der Waals surface area (Å²) >= 11 is 0. The Hall–Kier alpha value is -1.08. The van der Waals surface area contributed by atoms with E-state index in [2.05, 4.69) is 6.92 Å². The van der Waals surface area contributed by atoms with Crippen LogP contribution in [0.5, 0.6) is 0 Å². The molecule has 0 N–H and O–H groups in total. The van der Waals surface area contributed by atoms with Crippen LogP contribution in [0.3, 0.4) is 0 Å². The second-order valence-electron chi connectivity index (χ2n) is 5.10. The lowest BCUT2D eigenvalue weighted by Crippen LogP contribution is -2.33. The van der Waals surface area contributed by atoms with Gasteiger partial charge in [0, 0.05) is 13.6 Å². The number of carbonyl (C=O) groups is 1. The van der Waals surface area contributed by atoms with Gasteiger partial charge in [-0.3, -0.25) is 4.79 Å². The van der Waals surface area contributed by atoms with Gasteiger partial charge >= 0.3 is 0 Å². The molecule has 0 heterocycles. The van der Waals surface area contributed by atoms with Crippen molar-refractivity contribution >= 4 is 5.91 Å². The fraction of sp³-hybridized carbons (Fsp3) is 0.857. The molecule has 102 valence electrons. The maximum Gasteiger partial charge on any atom is 0.248 e. The second-order valence-corrected chi connectivity index (χ2v) is 5.10. The number of amides is 1. The Bertz CT molecular complexity index is 299. The standard InChI is InChI=1S/C14H24N2O2/c1-3-12-6-4-7-13(10-12)18-11-14(17)16(2)9-5-8-15/h12-13H,3-7,9-11H2,1-2H3. The topological polar surface area (TPSA) is 53.3 Å². The number of rotatable bonds is 6. The number of nitriles is 1. The molecule has 2 unspecified atom stereocenters. The number of ether oxygens (including phenoxy) is 1. The largest absolute Gasteiger partial charge is 0.368 e. The molecule has 0 aromatic heterocycles. The van der Waals surface area contributed by atoms with Gasteiger partial charge in [-0.05, 0) is 18.8 Å². The highest BCUT2D eigenvalue weighted by Gasteiger charge is 2.22. The summed E-state index contributed by atoms with van der Waals surface area (Å²) in [6.45, 7) is 2.86. The SMILES string of the molecule is CCC1CCCC(OCC(=O)N(C)CCC#N)C1. The highest BCUT2D eigenvalue weighted by atomic mass is 16.5. The van der Waals surface area contributed by atoms with Crippen molar-refractivity contribution in [2.45, 2.75) is 51.6 Å². The van der Waals surface area contributed by atoms with E-state index < -0.39 is 0 Å². The molecule has 0 spiro atoms. The average Bonchev–Trinajstić information content (AvgIpc) is 2.42. The Morgan fingerprint density at radius 3 is 2.94 bits per heavy atom. The van der Waals surface area contributed by atoms with E-state index in [0.29, 0.717) is 13.0 Å². The molecule has 0 aromatic rings. The molecule has 2 atom stereocenters. The average molecular weight is 252 g/mol. The molecule has 1 rings (SSSR count). The fourth-order valence-electron chi connectivity index (χ4n) is 2.41. The quantitative estimate of drug-likeness (QED) is 0.729. The summed E-state index contributed by atoms with van der Waals surface area (Å²) in [5.41, 5.74) is 0. The van der Waals surface area contributed by atoms with Crippen molar-refractivity contribution in [1.29, 1.82) is 5.26 Å². The normalized spacial score (nSPS) is 23.4. The Balaban J connectivity index is 2.23. The minimum absolute atomic E-state index is 0.0242. The van der Waals surface area contributed by atoms with Crippen LogP contribution in [0, 0.1) is 17.2 Å². The van der Waals surface area contributed by atoms with Crippen LogP contribution in [0.25, 0.3) is 0 Å². The summed E-state index contributed by atoms with van der Waals surface area (Å²) in [6.07, 6.45) is 6.50. The number of carbonyl (C=O) groups excluding carboxylic acids is 1. The first-order valence-electron chi connectivity index (χ1n) is 6.89. The summed E-state index contributed by atoms with van der Waals surface area (Å²) < 4.78 is 5.70. The molecule has 1 aliphatic rings. The van der Waals surface area contributed by atoms with E-state index in [1.54, 1.807) is 11.9 Å². The minimum atomic E-state index is -0.0242. The molecule has 0 bridgehead atoms. The Morgan fingerprint density at radius 2 is 2.28 bits per heavy atom. The zero-order valence-corrected chi connectivity index (χ0v) is 11.5. The maximum atomic E-state index is 11.7. The molecule has 0 aromatic carbocycles. The molecular formula is C14H24N2O2. The molecule has 1 fully saturated rings. The molecule has 0 aliphatic heterocycles. The zero-order valence-electron chi connectivity index (χ0n) is 11.5. The number of nitrogens with zero attached hydrogens (tertiary/aromatic N) is 2. The van der Waals surface area contributed by atoms with Crippen LogP contribution in [0.15, 0.2) is 0 Å². The minimum Gasteiger partial charge on any atom is -0.368 e. The monoisotopic (exact) mass is 252 g/mol. The van der Waals surface area contributed by atoms with E-state index in [0.717, 1.165) is 18.8 Å². The van der Waals surface area contributed by atoms with Gasteiger partial charge in [0.25, 0.3) is 0 Å². The lowest BCUT2D eigenvalue weighted by molar-refractivity contribution is -0.137. The van der Waals surface area contributed by atoms with Gasteiger partial charge < -0.3 is 9.64 Å². The van der Waals surface area contributed by atoms with Gasteiger partial charge in [0.15, 0.2) is 0 Å². The molecule has 1 saturated carbocycles. The summed E-state index contributed by atoms with van der Waals surface area (Å²) in [7, 11) is 1.72. The number of likely N-dealkylation sites (N-methyl/N-ethyl adjacent to an activating group) is 1. The smallest absolute Gasteiger partial charge is 0.248 e. The predicted octanol–water partition coefficient (Wildman–Crippen LogP) is 2.34. The van der Waals surface area contributed by atoms with Gasteiger partial charge in [0.1, 0.15) is 6.61 Å². The first kappa shape index (κ1) is 15.0. The van der Waals surface area contributed by atoms with Crippen molar-refractivity contribution in [2.75, 3.05) is 20.2 Å². The molecule has 1 aliphatic carbocycles. The van der Waals surface area contributed by atoms with E-state index in [-0.39, 0.29) is 18.6 Å². The van der Waals surface area contributed by atoms with Crippen LogP contribution >= 0.6 is 0 Å². The van der Waals surface area contributed by atoms with Crippen LogP contribution in [-0.2, 0) is 9.53 Å². The summed E-state index contributed by atoms with van der Waals surface area (Å²) in [5.74, 6) is 0.735. The molecule has 4 nitrogen and oxygen atoms in total. The Kier molecular flexibility index (Phi) is 6.74. The predicted molar refractivity (Wildman–Crippen MR) is 69.9 cm³/mol. The van der Waals surface area contributed by atoms with Gasteiger partial charge in [0.2, 0.25) is 5.91 Å². The van der Waals surface area contributed by atoms with Crippen molar-refractivity contribution in [3.8, 4) is 6.07 Å². The van der Waals surface area contributed by atoms with Crippen molar-refractivity contribution in [1.82, 2.24) is 4.90 Å². The molecule has 1 amide bonds. The van der Waals surface area contributed by atoms with E-state index >= 15 is 0 Å². The van der Waals surface area contributed by atoms with Crippen molar-refractivity contribution < 1.29 is 9.53 Å². The molecule has 0 saturated heterocycles. The van der Waals surface area contributed by atoms with E-state index in [9.17, 15) is 4.79 Å². The number of hydrogen-bond donors (Lipinski definition) is 0. The second kappa shape index (κ2) is 8.10. The van der Waals surface area contributed by atoms with E-state index in [4.69, 9.17) is 10.00 Å². The van der Waals surface area contributed by atoms with Gasteiger partial charge in [-0.2, -0.15) is 5.26 Å². The van der Waals surface area contributed by atoms with Gasteiger partial charge in [-0.15, -0.1) is 0 Å². The Morgan fingerprint density at radius 1 is 1.50 bits per heavy atom. The first-order valence-corrected chi connectivity index (χ1v) is 6.89. The third-order valence-corrected chi connectivity index (χ3v) is 3.74.